The topological polar surface area (TPSA) is 86.1 Å². The number of nitrogens with zero attached hydrogens (tertiary/aromatic N) is 3. The second-order valence-corrected chi connectivity index (χ2v) is 14.4. The molecule has 3 aromatic rings. The lowest BCUT2D eigenvalue weighted by atomic mass is 10.2. The zero-order valence-corrected chi connectivity index (χ0v) is 19.1. The molecule has 2 aromatic heterocycles. The SMILES string of the molecule is C[Si](C)(C)CCOCn1cc(Br)c2c(Oc3ccc(N)cc3F)c(C#N)cnc21. The summed E-state index contributed by atoms with van der Waals surface area (Å²) >= 11 is 3.50. The van der Waals surface area contributed by atoms with Gasteiger partial charge in [-0.25, -0.2) is 9.37 Å². The van der Waals surface area contributed by atoms with E-state index in [-0.39, 0.29) is 22.7 Å². The van der Waals surface area contributed by atoms with Gasteiger partial charge in [-0.2, -0.15) is 5.26 Å². The lowest BCUT2D eigenvalue weighted by molar-refractivity contribution is 0.0898. The van der Waals surface area contributed by atoms with Gasteiger partial charge < -0.3 is 19.8 Å². The predicted octanol–water partition coefficient (Wildman–Crippen LogP) is 5.50. The Labute approximate surface area is 178 Å². The molecular weight excluding hydrogens is 455 g/mol. The van der Waals surface area contributed by atoms with Crippen LogP contribution in [0.25, 0.3) is 11.0 Å². The molecule has 0 saturated heterocycles. The summed E-state index contributed by atoms with van der Waals surface area (Å²) in [6.07, 6.45) is 3.23. The standard InChI is InChI=1S/C20H22BrFN4O2Si/c1-29(2,3)7-6-27-12-26-11-15(21)18-19(13(9-23)10-25-20(18)26)28-17-5-4-14(24)8-16(17)22/h4-5,8,10-11H,6-7,12,24H2,1-3H3. The van der Waals surface area contributed by atoms with E-state index in [1.54, 1.807) is 0 Å². The summed E-state index contributed by atoms with van der Waals surface area (Å²) in [5, 5.41) is 10.1. The summed E-state index contributed by atoms with van der Waals surface area (Å²) in [7, 11) is -1.18. The number of halogens is 2. The van der Waals surface area contributed by atoms with Crippen molar-refractivity contribution in [3.8, 4) is 17.6 Å². The molecular formula is C20H22BrFN4O2Si. The first-order valence-electron chi connectivity index (χ1n) is 9.07. The van der Waals surface area contributed by atoms with Crippen LogP contribution in [-0.2, 0) is 11.5 Å². The van der Waals surface area contributed by atoms with Crippen LogP contribution in [0.1, 0.15) is 5.56 Å². The van der Waals surface area contributed by atoms with Gasteiger partial charge >= 0.3 is 0 Å². The van der Waals surface area contributed by atoms with Gasteiger partial charge in [-0.05, 0) is 34.1 Å². The molecule has 6 nitrogen and oxygen atoms in total. The molecule has 0 bridgehead atoms. The van der Waals surface area contributed by atoms with Crippen LogP contribution >= 0.6 is 15.9 Å². The molecule has 1 aromatic carbocycles. The average Bonchev–Trinajstić information content (AvgIpc) is 2.96. The van der Waals surface area contributed by atoms with Gasteiger partial charge in [0.05, 0.1) is 11.6 Å². The monoisotopic (exact) mass is 476 g/mol. The Kier molecular flexibility index (Phi) is 6.26. The van der Waals surface area contributed by atoms with Crippen LogP contribution in [0, 0.1) is 17.1 Å². The highest BCUT2D eigenvalue weighted by molar-refractivity contribution is 9.10. The maximum Gasteiger partial charge on any atom is 0.167 e. The van der Waals surface area contributed by atoms with Gasteiger partial charge in [0.25, 0.3) is 0 Å². The summed E-state index contributed by atoms with van der Waals surface area (Å²) in [5.74, 6) is -0.396. The number of pyridine rings is 1. The third-order valence-electron chi connectivity index (χ3n) is 4.31. The van der Waals surface area contributed by atoms with E-state index in [1.165, 1.54) is 24.4 Å². The first-order valence-corrected chi connectivity index (χ1v) is 13.6. The molecule has 0 aliphatic heterocycles. The Balaban J connectivity index is 1.95. The lowest BCUT2D eigenvalue weighted by Crippen LogP contribution is -2.22. The molecule has 29 heavy (non-hydrogen) atoms. The maximum atomic E-state index is 14.2. The minimum absolute atomic E-state index is 0.0192. The van der Waals surface area contributed by atoms with Crippen molar-refractivity contribution < 1.29 is 13.9 Å². The van der Waals surface area contributed by atoms with Crippen molar-refractivity contribution in [1.82, 2.24) is 9.55 Å². The zero-order valence-electron chi connectivity index (χ0n) is 16.5. The van der Waals surface area contributed by atoms with Crippen molar-refractivity contribution in [2.24, 2.45) is 0 Å². The molecule has 0 amide bonds. The fourth-order valence-corrected chi connectivity index (χ4v) is 4.08. The molecule has 0 saturated carbocycles. The van der Waals surface area contributed by atoms with Crippen LogP contribution in [0.2, 0.25) is 25.7 Å². The molecule has 9 heteroatoms. The Morgan fingerprint density at radius 3 is 2.76 bits per heavy atom. The Morgan fingerprint density at radius 1 is 1.34 bits per heavy atom. The molecule has 2 heterocycles. The second-order valence-electron chi connectivity index (χ2n) is 7.90. The van der Waals surface area contributed by atoms with Crippen molar-refractivity contribution >= 4 is 40.7 Å². The normalized spacial score (nSPS) is 11.6. The van der Waals surface area contributed by atoms with Crippen LogP contribution in [0.3, 0.4) is 0 Å². The van der Waals surface area contributed by atoms with Gasteiger partial charge in [0.15, 0.2) is 17.3 Å². The molecule has 0 radical (unpaired) electrons. The molecule has 0 spiro atoms. The third-order valence-corrected chi connectivity index (χ3v) is 6.61. The van der Waals surface area contributed by atoms with E-state index in [0.29, 0.717) is 28.8 Å². The average molecular weight is 477 g/mol. The Bertz CT molecular complexity index is 1090. The second kappa shape index (κ2) is 8.53. The number of fused-ring (bicyclic) bond motifs is 1. The van der Waals surface area contributed by atoms with E-state index in [9.17, 15) is 9.65 Å². The van der Waals surface area contributed by atoms with Crippen LogP contribution in [0.4, 0.5) is 10.1 Å². The fourth-order valence-electron chi connectivity index (χ4n) is 2.72. The zero-order chi connectivity index (χ0) is 21.2. The highest BCUT2D eigenvalue weighted by Crippen LogP contribution is 2.38. The van der Waals surface area contributed by atoms with Crippen molar-refractivity contribution in [2.45, 2.75) is 32.4 Å². The minimum Gasteiger partial charge on any atom is -0.452 e. The number of anilines is 1. The summed E-state index contributed by atoms with van der Waals surface area (Å²) in [6, 6.07) is 7.26. The van der Waals surface area contributed by atoms with E-state index in [1.807, 2.05) is 10.8 Å². The largest absolute Gasteiger partial charge is 0.452 e. The highest BCUT2D eigenvalue weighted by atomic mass is 79.9. The maximum absolute atomic E-state index is 14.2. The number of ether oxygens (including phenoxy) is 2. The third kappa shape index (κ3) is 4.96. The highest BCUT2D eigenvalue weighted by Gasteiger charge is 2.20. The Morgan fingerprint density at radius 2 is 2.10 bits per heavy atom. The van der Waals surface area contributed by atoms with Gasteiger partial charge in [-0.1, -0.05) is 19.6 Å². The smallest absolute Gasteiger partial charge is 0.167 e. The summed E-state index contributed by atoms with van der Waals surface area (Å²) in [4.78, 5) is 4.38. The Hall–Kier alpha value is -2.41. The van der Waals surface area contributed by atoms with Crippen molar-refractivity contribution in [2.75, 3.05) is 12.3 Å². The molecule has 0 aliphatic rings. The molecule has 0 unspecified atom stereocenters. The van der Waals surface area contributed by atoms with Crippen LogP contribution < -0.4 is 10.5 Å². The number of nitrogen functional groups attached to an aromatic ring is 1. The van der Waals surface area contributed by atoms with Crippen LogP contribution in [0.5, 0.6) is 11.5 Å². The molecule has 0 fully saturated rings. The number of rotatable bonds is 7. The van der Waals surface area contributed by atoms with E-state index in [0.717, 1.165) is 6.04 Å². The van der Waals surface area contributed by atoms with Gasteiger partial charge in [-0.15, -0.1) is 0 Å². The number of nitrogens with two attached hydrogens (primary N) is 1. The van der Waals surface area contributed by atoms with E-state index in [2.05, 4.69) is 46.6 Å². The first kappa shape index (κ1) is 21.3. The molecule has 152 valence electrons. The van der Waals surface area contributed by atoms with Gasteiger partial charge in [0.1, 0.15) is 24.0 Å². The molecule has 0 aliphatic carbocycles. The number of nitriles is 1. The summed E-state index contributed by atoms with van der Waals surface area (Å²) in [6.45, 7) is 7.87. The van der Waals surface area contributed by atoms with Gasteiger partial charge in [-0.3, -0.25) is 0 Å². The molecule has 2 N–H and O–H groups in total. The minimum atomic E-state index is -1.18. The van der Waals surface area contributed by atoms with Crippen LogP contribution in [-0.4, -0.2) is 24.2 Å². The van der Waals surface area contributed by atoms with Gasteiger partial charge in [0, 0.05) is 37.1 Å². The van der Waals surface area contributed by atoms with Crippen molar-refractivity contribution in [1.29, 1.82) is 5.26 Å². The fraction of sp³-hybridized carbons (Fsp3) is 0.300. The lowest BCUT2D eigenvalue weighted by Gasteiger charge is -2.15. The molecule has 0 atom stereocenters. The number of hydrogen-bond donors (Lipinski definition) is 1. The van der Waals surface area contributed by atoms with Crippen molar-refractivity contribution in [3.05, 3.63) is 46.4 Å². The van der Waals surface area contributed by atoms with E-state index >= 15 is 0 Å². The predicted molar refractivity (Wildman–Crippen MR) is 117 cm³/mol. The summed E-state index contributed by atoms with van der Waals surface area (Å²) in [5.41, 5.74) is 6.67. The van der Waals surface area contributed by atoms with E-state index in [4.69, 9.17) is 15.2 Å². The summed E-state index contributed by atoms with van der Waals surface area (Å²) < 4.78 is 28.4. The van der Waals surface area contributed by atoms with E-state index < -0.39 is 13.9 Å². The number of benzene rings is 1. The van der Waals surface area contributed by atoms with Crippen molar-refractivity contribution in [3.63, 3.8) is 0 Å². The van der Waals surface area contributed by atoms with Gasteiger partial charge in [0.2, 0.25) is 0 Å². The van der Waals surface area contributed by atoms with Crippen LogP contribution in [0.15, 0.2) is 35.1 Å². The molecule has 3 rings (SSSR count). The number of aromatic nitrogens is 2. The quantitative estimate of drug-likeness (QED) is 0.276. The first-order chi connectivity index (χ1) is 13.7. The number of hydrogen-bond acceptors (Lipinski definition) is 5.